The minimum atomic E-state index is -0.258. The summed E-state index contributed by atoms with van der Waals surface area (Å²) in [5, 5.41) is 25.6. The number of nitrogens with zero attached hydrogens (tertiary/aromatic N) is 8. The van der Waals surface area contributed by atoms with Gasteiger partial charge in [-0.3, -0.25) is 34.3 Å². The van der Waals surface area contributed by atoms with Gasteiger partial charge < -0.3 is 24.8 Å². The molecule has 1 fully saturated rings. The second kappa shape index (κ2) is 24.2. The van der Waals surface area contributed by atoms with Gasteiger partial charge in [0.2, 0.25) is 22.1 Å². The Hall–Kier alpha value is -6.27. The number of hydrogen-bond donors (Lipinski definition) is 2. The number of anilines is 2. The molecule has 0 saturated heterocycles. The highest BCUT2D eigenvalue weighted by molar-refractivity contribution is 7.15. The normalized spacial score (nSPS) is 14.2. The van der Waals surface area contributed by atoms with Gasteiger partial charge >= 0.3 is 5.97 Å². The molecule has 326 valence electrons. The van der Waals surface area contributed by atoms with Gasteiger partial charge in [-0.2, -0.15) is 0 Å². The molecule has 6 heterocycles. The maximum Gasteiger partial charge on any atom is 0.311 e. The first-order valence-electron chi connectivity index (χ1n) is 20.3. The Balaban J connectivity index is 0.000000296. The number of hydrogen-bond acceptors (Lipinski definition) is 16. The van der Waals surface area contributed by atoms with E-state index in [1.807, 2.05) is 59.0 Å². The van der Waals surface area contributed by atoms with Crippen LogP contribution in [0.5, 0.6) is 11.5 Å². The third-order valence-electron chi connectivity index (χ3n) is 9.23. The highest BCUT2D eigenvalue weighted by Crippen LogP contribution is 2.43. The summed E-state index contributed by atoms with van der Waals surface area (Å²) in [5.41, 5.74) is 5.43. The van der Waals surface area contributed by atoms with Crippen LogP contribution >= 0.6 is 22.7 Å². The average Bonchev–Trinajstić information content (AvgIpc) is 3.95. The zero-order valence-corrected chi connectivity index (χ0v) is 37.4. The van der Waals surface area contributed by atoms with Gasteiger partial charge in [-0.15, -0.1) is 20.4 Å². The lowest BCUT2D eigenvalue weighted by Gasteiger charge is -2.25. The summed E-state index contributed by atoms with van der Waals surface area (Å²) in [6.07, 6.45) is 11.2. The number of methoxy groups -OCH3 is 1. The van der Waals surface area contributed by atoms with Crippen LogP contribution in [-0.4, -0.2) is 78.4 Å². The van der Waals surface area contributed by atoms with Gasteiger partial charge in [0.15, 0.2) is 0 Å². The van der Waals surface area contributed by atoms with E-state index in [0.29, 0.717) is 46.4 Å². The van der Waals surface area contributed by atoms with Crippen LogP contribution in [0.3, 0.4) is 0 Å². The highest BCUT2D eigenvalue weighted by Gasteiger charge is 2.29. The zero-order chi connectivity index (χ0) is 44.3. The van der Waals surface area contributed by atoms with Crippen molar-refractivity contribution in [2.45, 2.75) is 91.4 Å². The third kappa shape index (κ3) is 15.6. The van der Waals surface area contributed by atoms with E-state index in [-0.39, 0.29) is 48.9 Å². The molecule has 0 aromatic carbocycles. The molecular weight excluding hydrogens is 829 g/mol. The van der Waals surface area contributed by atoms with E-state index in [0.717, 1.165) is 52.6 Å². The fourth-order valence-corrected chi connectivity index (χ4v) is 7.91. The summed E-state index contributed by atoms with van der Waals surface area (Å²) in [7, 11) is 1.37. The molecule has 0 unspecified atom stereocenters. The molecule has 0 spiro atoms. The fraction of sp³-hybridized carbons (Fsp3) is 0.386. The molecule has 1 aliphatic rings. The minimum Gasteiger partial charge on any atom is -0.492 e. The molecule has 2 atom stereocenters. The quantitative estimate of drug-likeness (QED) is 0.101. The molecule has 1 saturated carbocycles. The standard InChI is InChI=1S/C28H32N8O4S2.C9H11NO2.C7H9N/c1-3-39-21-10-8-19(29-15-21)13-23(37)31-27-35-33-25(41-27)17-6-5-7-18(12-17)26-34-36-28(42-26)32-24(38)14-20-9-11-22(16-30-20)40-4-2;1-7-3-4-8(10-6-7)5-9(11)12-2;1-6-3-4-7(2)8-5-6/h8-11,15-18H,3-7,12-14H2,1-2H3,(H,31,35,37)(H,32,36,38);3-4,6H,5H2,1-2H3;3-5H,1-2H3/t17-,18-;;/m0../s1. The van der Waals surface area contributed by atoms with Crippen molar-refractivity contribution in [3.63, 3.8) is 0 Å². The number of nitrogens with one attached hydrogen (secondary N) is 2. The average molecular weight is 881 g/mol. The van der Waals surface area contributed by atoms with Crippen LogP contribution in [0, 0.1) is 20.8 Å². The second-order valence-corrected chi connectivity index (χ2v) is 16.3. The summed E-state index contributed by atoms with van der Waals surface area (Å²) in [5.74, 6) is 1.13. The Morgan fingerprint density at radius 3 is 1.48 bits per heavy atom. The molecular formula is C44H52N10O6S2. The van der Waals surface area contributed by atoms with E-state index < -0.39 is 0 Å². The maximum absolute atomic E-state index is 12.5. The van der Waals surface area contributed by atoms with E-state index in [9.17, 15) is 14.4 Å². The van der Waals surface area contributed by atoms with Crippen LogP contribution in [0.15, 0.2) is 73.3 Å². The Morgan fingerprint density at radius 2 is 1.08 bits per heavy atom. The number of aromatic nitrogens is 8. The minimum absolute atomic E-state index is 0.138. The number of rotatable bonds is 14. The number of aryl methyl sites for hydroxylation is 3. The summed E-state index contributed by atoms with van der Waals surface area (Å²) in [6.45, 7) is 10.9. The molecule has 18 heteroatoms. The smallest absolute Gasteiger partial charge is 0.311 e. The van der Waals surface area contributed by atoms with Crippen LogP contribution in [-0.2, 0) is 38.4 Å². The van der Waals surface area contributed by atoms with Crippen LogP contribution in [0.25, 0.3) is 0 Å². The van der Waals surface area contributed by atoms with Crippen LogP contribution in [0.1, 0.15) is 95.3 Å². The first-order chi connectivity index (χ1) is 30.0. The van der Waals surface area contributed by atoms with Gasteiger partial charge in [-0.1, -0.05) is 41.2 Å². The predicted molar refractivity (Wildman–Crippen MR) is 238 cm³/mol. The van der Waals surface area contributed by atoms with Gasteiger partial charge in [0, 0.05) is 41.3 Å². The first-order valence-corrected chi connectivity index (χ1v) is 21.9. The molecule has 6 aromatic heterocycles. The van der Waals surface area contributed by atoms with E-state index in [1.165, 1.54) is 35.3 Å². The molecule has 2 N–H and O–H groups in total. The lowest BCUT2D eigenvalue weighted by Crippen LogP contribution is -2.15. The molecule has 1 aliphatic carbocycles. The summed E-state index contributed by atoms with van der Waals surface area (Å²) >= 11 is 2.81. The second-order valence-electron chi connectivity index (χ2n) is 14.3. The van der Waals surface area contributed by atoms with Crippen LogP contribution < -0.4 is 20.1 Å². The highest BCUT2D eigenvalue weighted by atomic mass is 32.1. The Morgan fingerprint density at radius 1 is 0.613 bits per heavy atom. The van der Waals surface area contributed by atoms with E-state index in [2.05, 4.69) is 61.8 Å². The number of carbonyl (C=O) groups is 3. The SMILES string of the molecule is CCOc1ccc(CC(=O)Nc2nnc([C@H]3CCC[C@H](c4nnc(NC(=O)Cc5ccc(OCC)cn5)s4)C3)s2)nc1.COC(=O)Cc1ccc(C)cn1.Cc1ccc(C)nc1. The topological polar surface area (TPSA) is 206 Å². The largest absolute Gasteiger partial charge is 0.492 e. The number of ether oxygens (including phenoxy) is 3. The van der Waals surface area contributed by atoms with Crippen molar-refractivity contribution in [3.05, 3.63) is 117 Å². The lowest BCUT2D eigenvalue weighted by molar-refractivity contribution is -0.139. The van der Waals surface area contributed by atoms with E-state index >= 15 is 0 Å². The van der Waals surface area contributed by atoms with Crippen molar-refractivity contribution in [2.75, 3.05) is 31.0 Å². The van der Waals surface area contributed by atoms with Crippen molar-refractivity contribution < 1.29 is 28.6 Å². The Kier molecular flexibility index (Phi) is 18.3. The molecule has 2 amide bonds. The van der Waals surface area contributed by atoms with Crippen LogP contribution in [0.4, 0.5) is 10.3 Å². The summed E-state index contributed by atoms with van der Waals surface area (Å²) in [4.78, 5) is 52.6. The fourth-order valence-electron chi connectivity index (χ4n) is 6.09. The molecule has 0 radical (unpaired) electrons. The van der Waals surface area contributed by atoms with E-state index in [4.69, 9.17) is 9.47 Å². The van der Waals surface area contributed by atoms with Crippen molar-refractivity contribution in [3.8, 4) is 11.5 Å². The van der Waals surface area contributed by atoms with Crippen molar-refractivity contribution in [1.82, 2.24) is 40.3 Å². The molecule has 6 aromatic rings. The predicted octanol–water partition coefficient (Wildman–Crippen LogP) is 7.58. The Labute approximate surface area is 369 Å². The molecule has 16 nitrogen and oxygen atoms in total. The van der Waals surface area contributed by atoms with Crippen LogP contribution in [0.2, 0.25) is 0 Å². The lowest BCUT2D eigenvalue weighted by atomic mass is 9.82. The van der Waals surface area contributed by atoms with Crippen molar-refractivity contribution in [2.24, 2.45) is 0 Å². The van der Waals surface area contributed by atoms with Crippen molar-refractivity contribution >= 4 is 50.7 Å². The molecule has 7 rings (SSSR count). The third-order valence-corrected chi connectivity index (χ3v) is 11.2. The summed E-state index contributed by atoms with van der Waals surface area (Å²) < 4.78 is 15.3. The van der Waals surface area contributed by atoms with E-state index in [1.54, 1.807) is 42.9 Å². The number of carbonyl (C=O) groups excluding carboxylic acids is 3. The zero-order valence-electron chi connectivity index (χ0n) is 35.8. The first kappa shape index (κ1) is 46.8. The van der Waals surface area contributed by atoms with Crippen molar-refractivity contribution in [1.29, 1.82) is 0 Å². The van der Waals surface area contributed by atoms with Gasteiger partial charge in [0.1, 0.15) is 21.5 Å². The molecule has 0 aliphatic heterocycles. The van der Waals surface area contributed by atoms with Gasteiger partial charge in [0.25, 0.3) is 0 Å². The molecule has 62 heavy (non-hydrogen) atoms. The van der Waals surface area contributed by atoms with Gasteiger partial charge in [0.05, 0.1) is 57.7 Å². The Bertz CT molecular complexity index is 2170. The molecule has 0 bridgehead atoms. The van der Waals surface area contributed by atoms with Gasteiger partial charge in [-0.05, 0) is 101 Å². The summed E-state index contributed by atoms with van der Waals surface area (Å²) in [6, 6.07) is 15.0. The van der Waals surface area contributed by atoms with Gasteiger partial charge in [-0.25, -0.2) is 0 Å². The monoisotopic (exact) mass is 880 g/mol. The number of esters is 1. The number of pyridine rings is 4. The number of amides is 2. The maximum atomic E-state index is 12.5.